The van der Waals surface area contributed by atoms with E-state index in [1.807, 2.05) is 6.92 Å². The van der Waals surface area contributed by atoms with E-state index in [9.17, 15) is 5.11 Å². The zero-order chi connectivity index (χ0) is 12.6. The van der Waals surface area contributed by atoms with Crippen LogP contribution >= 0.6 is 0 Å². The molecule has 3 aliphatic rings. The lowest BCUT2D eigenvalue weighted by Gasteiger charge is -2.50. The van der Waals surface area contributed by atoms with Crippen molar-refractivity contribution in [2.75, 3.05) is 13.2 Å². The van der Waals surface area contributed by atoms with Crippen LogP contribution in [0.15, 0.2) is 0 Å². The summed E-state index contributed by atoms with van der Waals surface area (Å²) in [7, 11) is 0. The van der Waals surface area contributed by atoms with Crippen molar-refractivity contribution in [2.45, 2.75) is 82.1 Å². The highest BCUT2D eigenvalue weighted by Crippen LogP contribution is 2.44. The van der Waals surface area contributed by atoms with Crippen molar-refractivity contribution < 1.29 is 9.84 Å². The van der Waals surface area contributed by atoms with Crippen molar-refractivity contribution in [2.24, 2.45) is 0 Å². The van der Waals surface area contributed by atoms with Crippen LogP contribution in [0.1, 0.15) is 58.3 Å². The molecule has 1 saturated carbocycles. The molecule has 3 nitrogen and oxygen atoms in total. The van der Waals surface area contributed by atoms with Crippen LogP contribution in [0.25, 0.3) is 0 Å². The van der Waals surface area contributed by atoms with E-state index in [4.69, 9.17) is 4.74 Å². The number of hydrogen-bond donors (Lipinski definition) is 1. The first-order valence-corrected chi connectivity index (χ1v) is 7.76. The Bertz CT molecular complexity index is 288. The van der Waals surface area contributed by atoms with Crippen molar-refractivity contribution in [1.29, 1.82) is 0 Å². The second-order valence-electron chi connectivity index (χ2n) is 6.65. The zero-order valence-electron chi connectivity index (χ0n) is 11.6. The normalized spacial score (nSPS) is 37.7. The highest BCUT2D eigenvalue weighted by molar-refractivity contribution is 4.98. The molecule has 3 rings (SSSR count). The molecular formula is C15H27NO2. The topological polar surface area (TPSA) is 32.7 Å². The highest BCUT2D eigenvalue weighted by atomic mass is 16.5. The van der Waals surface area contributed by atoms with E-state index in [-0.39, 0.29) is 11.7 Å². The van der Waals surface area contributed by atoms with E-state index in [1.54, 1.807) is 0 Å². The first-order chi connectivity index (χ1) is 8.69. The number of likely N-dealkylation sites (tertiary alicyclic amines) is 1. The molecule has 1 N–H and O–H groups in total. The van der Waals surface area contributed by atoms with E-state index in [2.05, 4.69) is 4.90 Å². The van der Waals surface area contributed by atoms with Gasteiger partial charge in [0.15, 0.2) is 0 Å². The Kier molecular flexibility index (Phi) is 3.65. The van der Waals surface area contributed by atoms with Crippen LogP contribution < -0.4 is 0 Å². The van der Waals surface area contributed by atoms with E-state index in [1.165, 1.54) is 51.5 Å². The summed E-state index contributed by atoms with van der Waals surface area (Å²) in [6, 6.07) is 1.33. The van der Waals surface area contributed by atoms with Crippen LogP contribution in [-0.4, -0.2) is 46.9 Å². The lowest BCUT2D eigenvalue weighted by molar-refractivity contribution is -0.150. The van der Waals surface area contributed by atoms with Crippen LogP contribution in [0.5, 0.6) is 0 Å². The fourth-order valence-corrected chi connectivity index (χ4v) is 4.19. The number of aliphatic hydroxyl groups excluding tert-OH is 1. The van der Waals surface area contributed by atoms with Crippen molar-refractivity contribution in [3.8, 4) is 0 Å². The van der Waals surface area contributed by atoms with Gasteiger partial charge in [-0.25, -0.2) is 0 Å². The Balaban J connectivity index is 1.62. The minimum absolute atomic E-state index is 0.159. The summed E-state index contributed by atoms with van der Waals surface area (Å²) in [6.07, 6.45) is 9.71. The van der Waals surface area contributed by atoms with Crippen LogP contribution in [-0.2, 0) is 4.74 Å². The van der Waals surface area contributed by atoms with Gasteiger partial charge in [0.25, 0.3) is 0 Å². The van der Waals surface area contributed by atoms with Crippen molar-refractivity contribution in [1.82, 2.24) is 4.90 Å². The van der Waals surface area contributed by atoms with Crippen LogP contribution in [0.3, 0.4) is 0 Å². The van der Waals surface area contributed by atoms with Gasteiger partial charge >= 0.3 is 0 Å². The van der Waals surface area contributed by atoms with Gasteiger partial charge in [-0.05, 0) is 64.8 Å². The average Bonchev–Trinajstić information content (AvgIpc) is 2.74. The van der Waals surface area contributed by atoms with Gasteiger partial charge in [0, 0.05) is 18.7 Å². The zero-order valence-corrected chi connectivity index (χ0v) is 11.6. The number of rotatable bonds is 3. The Morgan fingerprint density at radius 2 is 2.17 bits per heavy atom. The Morgan fingerprint density at radius 3 is 2.83 bits per heavy atom. The van der Waals surface area contributed by atoms with Gasteiger partial charge in [-0.3, -0.25) is 4.90 Å². The molecule has 0 aromatic carbocycles. The van der Waals surface area contributed by atoms with Gasteiger partial charge in [-0.1, -0.05) is 0 Å². The largest absolute Gasteiger partial charge is 0.393 e. The molecule has 3 heteroatoms. The molecule has 3 atom stereocenters. The molecule has 18 heavy (non-hydrogen) atoms. The molecule has 0 amide bonds. The number of ether oxygens (including phenoxy) is 1. The molecular weight excluding hydrogens is 226 g/mol. The molecule has 3 fully saturated rings. The van der Waals surface area contributed by atoms with Crippen molar-refractivity contribution in [3.05, 3.63) is 0 Å². The summed E-state index contributed by atoms with van der Waals surface area (Å²) < 4.78 is 6.03. The van der Waals surface area contributed by atoms with Gasteiger partial charge in [0.1, 0.15) is 0 Å². The first-order valence-electron chi connectivity index (χ1n) is 7.76. The third-order valence-corrected chi connectivity index (χ3v) is 5.24. The molecule has 104 valence electrons. The molecule has 0 aromatic rings. The Labute approximate surface area is 110 Å². The minimum Gasteiger partial charge on any atom is -0.393 e. The Morgan fingerprint density at radius 1 is 1.33 bits per heavy atom. The van der Waals surface area contributed by atoms with Crippen molar-refractivity contribution in [3.63, 3.8) is 0 Å². The van der Waals surface area contributed by atoms with Gasteiger partial charge < -0.3 is 9.84 Å². The van der Waals surface area contributed by atoms with E-state index < -0.39 is 0 Å². The quantitative estimate of drug-likeness (QED) is 0.838. The SMILES string of the molecule is CC(O)CC1CCCN1C1CCOC2(CCC2)C1. The molecule has 2 saturated heterocycles. The van der Waals surface area contributed by atoms with Crippen LogP contribution in [0.2, 0.25) is 0 Å². The lowest BCUT2D eigenvalue weighted by atomic mass is 9.73. The minimum atomic E-state index is -0.159. The maximum Gasteiger partial charge on any atom is 0.0697 e. The predicted octanol–water partition coefficient (Wildman–Crippen LogP) is 2.32. The second-order valence-corrected chi connectivity index (χ2v) is 6.65. The third kappa shape index (κ3) is 2.45. The molecule has 1 spiro atoms. The summed E-state index contributed by atoms with van der Waals surface area (Å²) in [4.78, 5) is 2.69. The molecule has 0 bridgehead atoms. The second kappa shape index (κ2) is 5.10. The summed E-state index contributed by atoms with van der Waals surface area (Å²) in [5.74, 6) is 0. The number of hydrogen-bond acceptors (Lipinski definition) is 3. The third-order valence-electron chi connectivity index (χ3n) is 5.24. The number of aliphatic hydroxyl groups is 1. The maximum absolute atomic E-state index is 9.64. The highest BCUT2D eigenvalue weighted by Gasteiger charge is 2.45. The van der Waals surface area contributed by atoms with Crippen LogP contribution in [0.4, 0.5) is 0 Å². The van der Waals surface area contributed by atoms with E-state index >= 15 is 0 Å². The Hall–Kier alpha value is -0.120. The van der Waals surface area contributed by atoms with E-state index in [0.717, 1.165) is 13.0 Å². The maximum atomic E-state index is 9.64. The summed E-state index contributed by atoms with van der Waals surface area (Å²) in [5.41, 5.74) is 0.251. The molecule has 3 unspecified atom stereocenters. The summed E-state index contributed by atoms with van der Waals surface area (Å²) in [6.45, 7) is 4.11. The summed E-state index contributed by atoms with van der Waals surface area (Å²) in [5, 5.41) is 9.64. The fourth-order valence-electron chi connectivity index (χ4n) is 4.19. The fraction of sp³-hybridized carbons (Fsp3) is 1.00. The molecule has 0 aromatic heterocycles. The standard InChI is InChI=1S/C15H27NO2/c1-12(17)10-13-4-2-8-16(13)14-5-9-18-15(11-14)6-3-7-15/h12-14,17H,2-11H2,1H3. The van der Waals surface area contributed by atoms with Crippen LogP contribution in [0, 0.1) is 0 Å². The van der Waals surface area contributed by atoms with Gasteiger partial charge in [-0.15, -0.1) is 0 Å². The van der Waals surface area contributed by atoms with Gasteiger partial charge in [0.2, 0.25) is 0 Å². The molecule has 1 aliphatic carbocycles. The smallest absolute Gasteiger partial charge is 0.0697 e. The number of nitrogens with zero attached hydrogens (tertiary/aromatic N) is 1. The molecule has 2 aliphatic heterocycles. The van der Waals surface area contributed by atoms with E-state index in [0.29, 0.717) is 12.1 Å². The molecule has 0 radical (unpaired) electrons. The average molecular weight is 253 g/mol. The van der Waals surface area contributed by atoms with Gasteiger partial charge in [0.05, 0.1) is 11.7 Å². The van der Waals surface area contributed by atoms with Gasteiger partial charge in [-0.2, -0.15) is 0 Å². The first kappa shape index (κ1) is 12.9. The van der Waals surface area contributed by atoms with Crippen molar-refractivity contribution >= 4 is 0 Å². The predicted molar refractivity (Wildman–Crippen MR) is 71.6 cm³/mol. The lowest BCUT2D eigenvalue weighted by Crippen LogP contribution is -2.53. The monoisotopic (exact) mass is 253 g/mol. The molecule has 2 heterocycles. The summed E-state index contributed by atoms with van der Waals surface area (Å²) >= 11 is 0.